The number of hydrogen-bond acceptors (Lipinski definition) is 2. The van der Waals surface area contributed by atoms with Gasteiger partial charge < -0.3 is 9.67 Å². The van der Waals surface area contributed by atoms with E-state index in [1.54, 1.807) is 12.3 Å². The van der Waals surface area contributed by atoms with E-state index in [1.165, 1.54) is 0 Å². The van der Waals surface area contributed by atoms with E-state index in [2.05, 4.69) is 4.98 Å². The van der Waals surface area contributed by atoms with Gasteiger partial charge in [0.1, 0.15) is 11.9 Å². The van der Waals surface area contributed by atoms with E-state index in [9.17, 15) is 5.11 Å². The summed E-state index contributed by atoms with van der Waals surface area (Å²) in [6.45, 7) is 4.73. The van der Waals surface area contributed by atoms with E-state index >= 15 is 0 Å². The largest absolute Gasteiger partial charge is 0.380 e. The molecule has 0 fully saturated rings. The molecule has 1 heterocycles. The quantitative estimate of drug-likeness (QED) is 0.910. The number of aromatic nitrogens is 2. The Hall–Kier alpha value is -1.32. The van der Waals surface area contributed by atoms with Crippen molar-refractivity contribution in [1.82, 2.24) is 9.55 Å². The Morgan fingerprint density at radius 1 is 1.47 bits per heavy atom. The summed E-state index contributed by atoms with van der Waals surface area (Å²) in [5.41, 5.74) is 1.77. The molecule has 0 saturated carbocycles. The van der Waals surface area contributed by atoms with E-state index < -0.39 is 6.10 Å². The van der Waals surface area contributed by atoms with Crippen molar-refractivity contribution in [2.45, 2.75) is 26.5 Å². The molecule has 1 atom stereocenters. The summed E-state index contributed by atoms with van der Waals surface area (Å²) in [6, 6.07) is 5.52. The monoisotopic (exact) mass is 250 g/mol. The van der Waals surface area contributed by atoms with Crippen LogP contribution in [0.1, 0.15) is 30.0 Å². The van der Waals surface area contributed by atoms with E-state index in [1.807, 2.05) is 36.7 Å². The lowest BCUT2D eigenvalue weighted by Gasteiger charge is -2.13. The number of benzene rings is 1. The van der Waals surface area contributed by atoms with Gasteiger partial charge in [0, 0.05) is 24.0 Å². The highest BCUT2D eigenvalue weighted by Crippen LogP contribution is 2.24. The first-order valence-corrected chi connectivity index (χ1v) is 5.96. The van der Waals surface area contributed by atoms with Crippen molar-refractivity contribution in [2.75, 3.05) is 0 Å². The zero-order valence-electron chi connectivity index (χ0n) is 9.89. The van der Waals surface area contributed by atoms with Crippen LogP contribution in [-0.4, -0.2) is 14.7 Å². The molecule has 3 nitrogen and oxygen atoms in total. The molecule has 17 heavy (non-hydrogen) atoms. The van der Waals surface area contributed by atoms with Crippen molar-refractivity contribution in [3.63, 3.8) is 0 Å². The fourth-order valence-corrected chi connectivity index (χ4v) is 1.94. The number of nitrogens with zero attached hydrogens (tertiary/aromatic N) is 2. The molecule has 0 saturated heterocycles. The third kappa shape index (κ3) is 2.35. The Morgan fingerprint density at radius 3 is 2.88 bits per heavy atom. The predicted molar refractivity (Wildman–Crippen MR) is 68.2 cm³/mol. The Bertz CT molecular complexity index is 522. The number of imidazole rings is 1. The SMILES string of the molecule is CCn1ccnc1C(O)c1ccc(Cl)c(C)c1. The summed E-state index contributed by atoms with van der Waals surface area (Å²) in [6.07, 6.45) is 2.85. The van der Waals surface area contributed by atoms with E-state index in [0.717, 1.165) is 17.7 Å². The number of rotatable bonds is 3. The smallest absolute Gasteiger partial charge is 0.142 e. The molecule has 90 valence electrons. The molecule has 2 rings (SSSR count). The lowest BCUT2D eigenvalue weighted by atomic mass is 10.1. The van der Waals surface area contributed by atoms with Crippen LogP contribution in [-0.2, 0) is 6.54 Å². The Kier molecular flexibility index (Phi) is 3.50. The van der Waals surface area contributed by atoms with Crippen LogP contribution in [0.15, 0.2) is 30.6 Å². The molecular formula is C13H15ClN2O. The van der Waals surface area contributed by atoms with Gasteiger partial charge in [-0.2, -0.15) is 0 Å². The number of halogens is 1. The second-order valence-corrected chi connectivity index (χ2v) is 4.39. The van der Waals surface area contributed by atoms with Gasteiger partial charge in [0.15, 0.2) is 0 Å². The van der Waals surface area contributed by atoms with E-state index in [0.29, 0.717) is 10.8 Å². The van der Waals surface area contributed by atoms with Crippen LogP contribution >= 0.6 is 11.6 Å². The van der Waals surface area contributed by atoms with Gasteiger partial charge in [-0.3, -0.25) is 0 Å². The maximum Gasteiger partial charge on any atom is 0.142 e. The average molecular weight is 251 g/mol. The molecular weight excluding hydrogens is 236 g/mol. The summed E-state index contributed by atoms with van der Waals surface area (Å²) in [7, 11) is 0. The molecule has 0 aliphatic carbocycles. The lowest BCUT2D eigenvalue weighted by molar-refractivity contribution is 0.205. The topological polar surface area (TPSA) is 38.0 Å². The van der Waals surface area contributed by atoms with Crippen LogP contribution in [0, 0.1) is 6.92 Å². The summed E-state index contributed by atoms with van der Waals surface area (Å²) < 4.78 is 1.93. The lowest BCUT2D eigenvalue weighted by Crippen LogP contribution is -2.09. The van der Waals surface area contributed by atoms with Gasteiger partial charge in [-0.1, -0.05) is 23.7 Å². The van der Waals surface area contributed by atoms with Crippen LogP contribution in [0.3, 0.4) is 0 Å². The van der Waals surface area contributed by atoms with Gasteiger partial charge in [-0.25, -0.2) is 4.98 Å². The first-order valence-electron chi connectivity index (χ1n) is 5.58. The number of aryl methyl sites for hydroxylation is 2. The molecule has 0 spiro atoms. The van der Waals surface area contributed by atoms with Gasteiger partial charge >= 0.3 is 0 Å². The van der Waals surface area contributed by atoms with Crippen molar-refractivity contribution < 1.29 is 5.11 Å². The van der Waals surface area contributed by atoms with Crippen LogP contribution in [0.25, 0.3) is 0 Å². The highest BCUT2D eigenvalue weighted by atomic mass is 35.5. The predicted octanol–water partition coefficient (Wildman–Crippen LogP) is 2.95. The Balaban J connectivity index is 2.36. The van der Waals surface area contributed by atoms with Crippen LogP contribution in [0.5, 0.6) is 0 Å². The molecule has 0 aliphatic heterocycles. The summed E-state index contributed by atoms with van der Waals surface area (Å²) in [5, 5.41) is 11.0. The second-order valence-electron chi connectivity index (χ2n) is 3.98. The zero-order valence-corrected chi connectivity index (χ0v) is 10.6. The number of aliphatic hydroxyl groups is 1. The average Bonchev–Trinajstić information content (AvgIpc) is 2.80. The zero-order chi connectivity index (χ0) is 12.4. The number of aliphatic hydroxyl groups excluding tert-OH is 1. The van der Waals surface area contributed by atoms with Gasteiger partial charge in [-0.05, 0) is 31.0 Å². The molecule has 4 heteroatoms. The molecule has 2 aromatic rings. The first-order chi connectivity index (χ1) is 8.13. The van der Waals surface area contributed by atoms with Gasteiger partial charge in [-0.15, -0.1) is 0 Å². The Labute approximate surface area is 106 Å². The van der Waals surface area contributed by atoms with Crippen molar-refractivity contribution in [3.8, 4) is 0 Å². The summed E-state index contributed by atoms with van der Waals surface area (Å²) in [5.74, 6) is 0.661. The fourth-order valence-electron chi connectivity index (χ4n) is 1.82. The minimum absolute atomic E-state index is 0.661. The highest BCUT2D eigenvalue weighted by Gasteiger charge is 2.16. The minimum Gasteiger partial charge on any atom is -0.380 e. The molecule has 0 aliphatic rings. The molecule has 0 amide bonds. The highest BCUT2D eigenvalue weighted by molar-refractivity contribution is 6.31. The van der Waals surface area contributed by atoms with Crippen molar-refractivity contribution in [3.05, 3.63) is 52.6 Å². The Morgan fingerprint density at radius 2 is 2.24 bits per heavy atom. The molecule has 1 aromatic carbocycles. The third-order valence-electron chi connectivity index (χ3n) is 2.83. The van der Waals surface area contributed by atoms with Crippen molar-refractivity contribution >= 4 is 11.6 Å². The molecule has 1 unspecified atom stereocenters. The molecule has 1 aromatic heterocycles. The maximum absolute atomic E-state index is 10.3. The van der Waals surface area contributed by atoms with Gasteiger partial charge in [0.2, 0.25) is 0 Å². The van der Waals surface area contributed by atoms with E-state index in [-0.39, 0.29) is 0 Å². The third-order valence-corrected chi connectivity index (χ3v) is 3.25. The standard InChI is InChI=1S/C13H15ClN2O/c1-3-16-7-6-15-13(16)12(17)10-4-5-11(14)9(2)8-10/h4-8,12,17H,3H2,1-2H3. The summed E-state index contributed by atoms with van der Waals surface area (Å²) >= 11 is 5.97. The van der Waals surface area contributed by atoms with E-state index in [4.69, 9.17) is 11.6 Å². The maximum atomic E-state index is 10.3. The number of hydrogen-bond donors (Lipinski definition) is 1. The molecule has 1 N–H and O–H groups in total. The van der Waals surface area contributed by atoms with Crippen LogP contribution < -0.4 is 0 Å². The fraction of sp³-hybridized carbons (Fsp3) is 0.308. The van der Waals surface area contributed by atoms with Crippen molar-refractivity contribution in [1.29, 1.82) is 0 Å². The second kappa shape index (κ2) is 4.90. The van der Waals surface area contributed by atoms with Gasteiger partial charge in [0.25, 0.3) is 0 Å². The van der Waals surface area contributed by atoms with Crippen LogP contribution in [0.4, 0.5) is 0 Å². The first kappa shape index (κ1) is 12.1. The summed E-state index contributed by atoms with van der Waals surface area (Å²) in [4.78, 5) is 4.20. The normalized spacial score (nSPS) is 12.7. The van der Waals surface area contributed by atoms with Gasteiger partial charge in [0.05, 0.1) is 0 Å². The molecule has 0 bridgehead atoms. The minimum atomic E-state index is -0.707. The van der Waals surface area contributed by atoms with Crippen LogP contribution in [0.2, 0.25) is 5.02 Å². The molecule has 0 radical (unpaired) electrons. The van der Waals surface area contributed by atoms with Crippen molar-refractivity contribution in [2.24, 2.45) is 0 Å².